The molecule has 0 saturated carbocycles. The quantitative estimate of drug-likeness (QED) is 0.564. The third-order valence-corrected chi connectivity index (χ3v) is 6.15. The molecule has 1 aliphatic heterocycles. The second-order valence-electron chi connectivity index (χ2n) is 8.52. The van der Waals surface area contributed by atoms with E-state index >= 15 is 0 Å². The standard InChI is InChI=1S/C27H32N4O2/c1-20-18-23(33-25(13-15-28-2)21-8-5-4-6-9-21)12-11-22(20)19-31-17-16-30(3)26-24(27(31)32)10-7-14-29-26/h4-12,14,18,25,28H,13,15-17,19H2,1-3H3/t25-/m0/s1. The first kappa shape index (κ1) is 22.8. The van der Waals surface area contributed by atoms with Crippen LogP contribution in [0.5, 0.6) is 5.75 Å². The predicted molar refractivity (Wildman–Crippen MR) is 132 cm³/mol. The number of anilines is 1. The van der Waals surface area contributed by atoms with Crippen LogP contribution in [0.2, 0.25) is 0 Å². The van der Waals surface area contributed by atoms with Crippen LogP contribution < -0.4 is 15.0 Å². The first-order valence-corrected chi connectivity index (χ1v) is 11.5. The third-order valence-electron chi connectivity index (χ3n) is 6.15. The molecule has 0 spiro atoms. The summed E-state index contributed by atoms with van der Waals surface area (Å²) in [7, 11) is 3.94. The minimum Gasteiger partial charge on any atom is -0.486 e. The van der Waals surface area contributed by atoms with Gasteiger partial charge in [0.15, 0.2) is 0 Å². The van der Waals surface area contributed by atoms with Crippen molar-refractivity contribution in [1.82, 2.24) is 15.2 Å². The van der Waals surface area contributed by atoms with Crippen LogP contribution in [0.1, 0.15) is 39.6 Å². The number of carbonyl (C=O) groups is 1. The second kappa shape index (κ2) is 10.5. The number of fused-ring (bicyclic) bond motifs is 1. The Morgan fingerprint density at radius 2 is 1.91 bits per heavy atom. The summed E-state index contributed by atoms with van der Waals surface area (Å²) in [6.45, 7) is 4.93. The third kappa shape index (κ3) is 5.34. The number of likely N-dealkylation sites (N-methyl/N-ethyl adjacent to an activating group) is 1. The lowest BCUT2D eigenvalue weighted by atomic mass is 10.1. The number of pyridine rings is 1. The van der Waals surface area contributed by atoms with Gasteiger partial charge < -0.3 is 19.9 Å². The van der Waals surface area contributed by atoms with Gasteiger partial charge in [-0.05, 0) is 61.5 Å². The summed E-state index contributed by atoms with van der Waals surface area (Å²) in [5.74, 6) is 1.62. The molecule has 0 unspecified atom stereocenters. The van der Waals surface area contributed by atoms with Crippen molar-refractivity contribution in [2.75, 3.05) is 38.6 Å². The topological polar surface area (TPSA) is 57.7 Å². The van der Waals surface area contributed by atoms with E-state index in [2.05, 4.69) is 41.5 Å². The van der Waals surface area contributed by atoms with Crippen LogP contribution in [0.3, 0.4) is 0 Å². The summed E-state index contributed by atoms with van der Waals surface area (Å²) in [5.41, 5.74) is 4.06. The van der Waals surface area contributed by atoms with Gasteiger partial charge in [0, 0.05) is 39.3 Å². The van der Waals surface area contributed by atoms with Gasteiger partial charge in [0.2, 0.25) is 0 Å². The number of nitrogens with one attached hydrogen (secondary N) is 1. The van der Waals surface area contributed by atoms with Crippen molar-refractivity contribution in [2.45, 2.75) is 26.0 Å². The molecular weight excluding hydrogens is 412 g/mol. The molecule has 0 fully saturated rings. The fourth-order valence-electron chi connectivity index (χ4n) is 4.19. The summed E-state index contributed by atoms with van der Waals surface area (Å²) < 4.78 is 6.39. The zero-order valence-corrected chi connectivity index (χ0v) is 19.6. The van der Waals surface area contributed by atoms with Crippen LogP contribution in [-0.4, -0.2) is 49.5 Å². The largest absolute Gasteiger partial charge is 0.486 e. The van der Waals surface area contributed by atoms with Gasteiger partial charge in [0.05, 0.1) is 5.56 Å². The Bertz CT molecular complexity index is 1090. The monoisotopic (exact) mass is 444 g/mol. The fourth-order valence-corrected chi connectivity index (χ4v) is 4.19. The molecule has 172 valence electrons. The van der Waals surface area contributed by atoms with Crippen molar-refractivity contribution in [3.63, 3.8) is 0 Å². The smallest absolute Gasteiger partial charge is 0.257 e. The van der Waals surface area contributed by atoms with Gasteiger partial charge in [-0.15, -0.1) is 0 Å². The zero-order valence-electron chi connectivity index (χ0n) is 19.6. The average Bonchev–Trinajstić information content (AvgIpc) is 2.96. The van der Waals surface area contributed by atoms with Crippen LogP contribution in [-0.2, 0) is 6.54 Å². The lowest BCUT2D eigenvalue weighted by Crippen LogP contribution is -2.33. The molecule has 1 aliphatic rings. The normalized spacial score (nSPS) is 14.6. The van der Waals surface area contributed by atoms with Gasteiger partial charge in [-0.1, -0.05) is 36.4 Å². The van der Waals surface area contributed by atoms with E-state index in [1.807, 2.05) is 60.3 Å². The Kier molecular flexibility index (Phi) is 7.25. The number of aromatic nitrogens is 1. The first-order chi connectivity index (χ1) is 16.1. The minimum absolute atomic E-state index is 0.0179. The SMILES string of the molecule is CNCC[C@H](Oc1ccc(CN2CCN(C)c3ncccc3C2=O)c(C)c1)c1ccccc1. The van der Waals surface area contributed by atoms with Gasteiger partial charge in [-0.25, -0.2) is 4.98 Å². The van der Waals surface area contributed by atoms with E-state index in [1.54, 1.807) is 6.20 Å². The summed E-state index contributed by atoms with van der Waals surface area (Å²) in [4.78, 5) is 21.6. The Morgan fingerprint density at radius 3 is 2.67 bits per heavy atom. The van der Waals surface area contributed by atoms with Gasteiger partial charge in [0.25, 0.3) is 5.91 Å². The zero-order chi connectivity index (χ0) is 23.2. The van der Waals surface area contributed by atoms with Crippen molar-refractivity contribution in [1.29, 1.82) is 0 Å². The van der Waals surface area contributed by atoms with Crippen molar-refractivity contribution in [2.24, 2.45) is 0 Å². The number of carbonyl (C=O) groups excluding carboxylic acids is 1. The average molecular weight is 445 g/mol. The van der Waals surface area contributed by atoms with E-state index in [0.29, 0.717) is 18.7 Å². The molecule has 0 radical (unpaired) electrons. The molecule has 6 nitrogen and oxygen atoms in total. The molecule has 2 aromatic carbocycles. The fraction of sp³-hybridized carbons (Fsp3) is 0.333. The molecule has 0 bridgehead atoms. The number of benzene rings is 2. The molecule has 1 amide bonds. The van der Waals surface area contributed by atoms with Crippen molar-refractivity contribution >= 4 is 11.7 Å². The van der Waals surface area contributed by atoms with E-state index < -0.39 is 0 Å². The number of rotatable bonds is 8. The number of hydrogen-bond acceptors (Lipinski definition) is 5. The lowest BCUT2D eigenvalue weighted by Gasteiger charge is -2.23. The molecule has 1 aromatic heterocycles. The minimum atomic E-state index is -0.0179. The van der Waals surface area contributed by atoms with Gasteiger partial charge in [-0.2, -0.15) is 0 Å². The molecule has 0 aliphatic carbocycles. The van der Waals surface area contributed by atoms with Crippen LogP contribution in [0.4, 0.5) is 5.82 Å². The summed E-state index contributed by atoms with van der Waals surface area (Å²) in [6.07, 6.45) is 2.60. The summed E-state index contributed by atoms with van der Waals surface area (Å²) in [5, 5.41) is 3.21. The van der Waals surface area contributed by atoms with Crippen LogP contribution in [0, 0.1) is 6.92 Å². The maximum atomic E-state index is 13.2. The number of nitrogens with zero attached hydrogens (tertiary/aromatic N) is 3. The lowest BCUT2D eigenvalue weighted by molar-refractivity contribution is 0.0754. The van der Waals surface area contributed by atoms with Gasteiger partial charge in [-0.3, -0.25) is 4.79 Å². The van der Waals surface area contributed by atoms with E-state index in [1.165, 1.54) is 5.56 Å². The molecule has 1 N–H and O–H groups in total. The van der Waals surface area contributed by atoms with Crippen LogP contribution in [0.25, 0.3) is 0 Å². The summed E-state index contributed by atoms with van der Waals surface area (Å²) in [6, 6.07) is 20.2. The van der Waals surface area contributed by atoms with E-state index in [9.17, 15) is 4.79 Å². The molecular formula is C27H32N4O2. The Balaban J connectivity index is 1.50. The molecule has 3 aromatic rings. The van der Waals surface area contributed by atoms with E-state index in [4.69, 9.17) is 4.74 Å². The van der Waals surface area contributed by atoms with E-state index in [-0.39, 0.29) is 12.0 Å². The Labute approximate surface area is 196 Å². The van der Waals surface area contributed by atoms with Gasteiger partial charge in [0.1, 0.15) is 17.7 Å². The Morgan fingerprint density at radius 1 is 1.09 bits per heavy atom. The highest BCUT2D eigenvalue weighted by Gasteiger charge is 2.26. The predicted octanol–water partition coefficient (Wildman–Crippen LogP) is 4.21. The molecule has 4 rings (SSSR count). The summed E-state index contributed by atoms with van der Waals surface area (Å²) >= 11 is 0. The molecule has 1 atom stereocenters. The van der Waals surface area contributed by atoms with Crippen LogP contribution in [0.15, 0.2) is 66.9 Å². The highest BCUT2D eigenvalue weighted by molar-refractivity contribution is 5.99. The second-order valence-corrected chi connectivity index (χ2v) is 8.52. The van der Waals surface area contributed by atoms with Crippen LogP contribution >= 0.6 is 0 Å². The number of hydrogen-bond donors (Lipinski definition) is 1. The first-order valence-electron chi connectivity index (χ1n) is 11.5. The Hall–Kier alpha value is -3.38. The van der Waals surface area contributed by atoms with E-state index in [0.717, 1.165) is 42.2 Å². The van der Waals surface area contributed by atoms with Crippen molar-refractivity contribution in [3.8, 4) is 5.75 Å². The molecule has 2 heterocycles. The number of aryl methyl sites for hydroxylation is 1. The van der Waals surface area contributed by atoms with Crippen molar-refractivity contribution < 1.29 is 9.53 Å². The molecule has 33 heavy (non-hydrogen) atoms. The number of amides is 1. The maximum Gasteiger partial charge on any atom is 0.257 e. The maximum absolute atomic E-state index is 13.2. The number of ether oxygens (including phenoxy) is 1. The van der Waals surface area contributed by atoms with Gasteiger partial charge >= 0.3 is 0 Å². The molecule has 6 heteroatoms. The van der Waals surface area contributed by atoms with Crippen molar-refractivity contribution in [3.05, 3.63) is 89.1 Å². The molecule has 0 saturated heterocycles. The highest BCUT2D eigenvalue weighted by atomic mass is 16.5. The highest BCUT2D eigenvalue weighted by Crippen LogP contribution is 2.28.